The second-order valence-electron chi connectivity index (χ2n) is 11.9. The van der Waals surface area contributed by atoms with Crippen LogP contribution in [0.4, 0.5) is 0 Å². The predicted octanol–water partition coefficient (Wildman–Crippen LogP) is 3.62. The van der Waals surface area contributed by atoms with E-state index >= 15 is 0 Å². The third-order valence-electron chi connectivity index (χ3n) is 8.42. The van der Waals surface area contributed by atoms with E-state index < -0.39 is 6.04 Å². The number of nitrogens with zero attached hydrogens (tertiary/aromatic N) is 4. The summed E-state index contributed by atoms with van der Waals surface area (Å²) in [6.07, 6.45) is 2.93. The number of likely N-dealkylation sites (tertiary alicyclic amines) is 1. The van der Waals surface area contributed by atoms with E-state index in [1.807, 2.05) is 42.5 Å². The number of nitrogens with one attached hydrogen (secondary N) is 1. The highest BCUT2D eigenvalue weighted by Gasteiger charge is 2.35. The lowest BCUT2D eigenvalue weighted by Crippen LogP contribution is -2.58. The minimum atomic E-state index is -0.510. The highest BCUT2D eigenvalue weighted by molar-refractivity contribution is 5.95. The molecule has 3 amide bonds. The SMILES string of the molecule is COCCCN1CC(=O)N[C@H]2CN(C(=O)c3cnc(C)nc3C)CC[C@H]2OCc2cccc(c2)Oc2ccc(cc2OC)CCC1=O. The molecule has 3 aliphatic heterocycles. The number of aromatic nitrogens is 2. The maximum Gasteiger partial charge on any atom is 0.257 e. The van der Waals surface area contributed by atoms with E-state index in [0.29, 0.717) is 73.3 Å². The van der Waals surface area contributed by atoms with Gasteiger partial charge in [-0.3, -0.25) is 14.4 Å². The number of methoxy groups -OCH3 is 2. The van der Waals surface area contributed by atoms with Gasteiger partial charge < -0.3 is 34.1 Å². The van der Waals surface area contributed by atoms with Crippen molar-refractivity contribution in [3.05, 3.63) is 76.9 Å². The van der Waals surface area contributed by atoms with Gasteiger partial charge in [0.25, 0.3) is 5.91 Å². The van der Waals surface area contributed by atoms with Crippen molar-refractivity contribution in [3.63, 3.8) is 0 Å². The fourth-order valence-electron chi connectivity index (χ4n) is 5.92. The first-order chi connectivity index (χ1) is 22.7. The number of hydrogen-bond acceptors (Lipinski definition) is 9. The Morgan fingerprint density at radius 2 is 1.94 bits per heavy atom. The van der Waals surface area contributed by atoms with Gasteiger partial charge in [-0.05, 0) is 68.5 Å². The number of ether oxygens (including phenoxy) is 4. The number of aryl methyl sites for hydroxylation is 3. The van der Waals surface area contributed by atoms with Crippen molar-refractivity contribution in [2.75, 3.05) is 47.0 Å². The van der Waals surface area contributed by atoms with Gasteiger partial charge in [0.15, 0.2) is 11.5 Å². The van der Waals surface area contributed by atoms with Gasteiger partial charge in [0.1, 0.15) is 11.6 Å². The van der Waals surface area contributed by atoms with Crippen LogP contribution in [0.1, 0.15) is 52.3 Å². The molecule has 2 aromatic carbocycles. The van der Waals surface area contributed by atoms with Gasteiger partial charge in [-0.2, -0.15) is 0 Å². The summed E-state index contributed by atoms with van der Waals surface area (Å²) in [5, 5.41) is 3.10. The van der Waals surface area contributed by atoms with Crippen LogP contribution < -0.4 is 14.8 Å². The molecule has 0 aliphatic carbocycles. The molecule has 0 radical (unpaired) electrons. The molecule has 1 fully saturated rings. The molecule has 0 unspecified atom stereocenters. The maximum atomic E-state index is 13.6. The summed E-state index contributed by atoms with van der Waals surface area (Å²) in [7, 11) is 3.19. The van der Waals surface area contributed by atoms with Gasteiger partial charge in [0.2, 0.25) is 11.8 Å². The van der Waals surface area contributed by atoms with E-state index in [2.05, 4.69) is 15.3 Å². The Morgan fingerprint density at radius 3 is 2.72 bits per heavy atom. The molecular formula is C35H43N5O7. The van der Waals surface area contributed by atoms with Gasteiger partial charge in [-0.1, -0.05) is 18.2 Å². The number of amides is 3. The van der Waals surface area contributed by atoms with E-state index in [9.17, 15) is 14.4 Å². The van der Waals surface area contributed by atoms with Crippen LogP contribution in [0, 0.1) is 13.8 Å². The maximum absolute atomic E-state index is 13.6. The fraction of sp³-hybridized carbons (Fsp3) is 0.457. The number of rotatable bonds is 6. The standard InChI is InChI=1S/C35H43N5O7/c1-23-28(19-36-24(2)37-23)35(43)40-15-13-30-29(20-40)38-33(41)21-39(14-6-16-44-3)34(42)12-10-25-9-11-31(32(18-25)45-4)47-27-8-5-7-26(17-27)22-46-30/h5,7-9,11,17-19,29-30H,6,10,12-16,20-22H2,1-4H3,(H,38,41)/t29-,30+/m0/s1. The average Bonchev–Trinajstić information content (AvgIpc) is 3.06. The topological polar surface area (TPSA) is 132 Å². The molecule has 250 valence electrons. The summed E-state index contributed by atoms with van der Waals surface area (Å²) < 4.78 is 23.4. The molecule has 0 spiro atoms. The summed E-state index contributed by atoms with van der Waals surface area (Å²) >= 11 is 0. The van der Waals surface area contributed by atoms with Crippen LogP contribution in [0.2, 0.25) is 0 Å². The fourth-order valence-corrected chi connectivity index (χ4v) is 5.92. The molecule has 1 saturated heterocycles. The summed E-state index contributed by atoms with van der Waals surface area (Å²) in [4.78, 5) is 52.4. The van der Waals surface area contributed by atoms with Crippen LogP contribution in [-0.4, -0.2) is 96.6 Å². The number of fused-ring (bicyclic) bond motifs is 9. The second-order valence-corrected chi connectivity index (χ2v) is 11.9. The van der Waals surface area contributed by atoms with Gasteiger partial charge in [0.05, 0.1) is 43.7 Å². The van der Waals surface area contributed by atoms with E-state index in [0.717, 1.165) is 11.1 Å². The summed E-state index contributed by atoms with van der Waals surface area (Å²) in [5.74, 6) is 1.66. The van der Waals surface area contributed by atoms with Crippen molar-refractivity contribution < 1.29 is 33.3 Å². The minimum absolute atomic E-state index is 0.122. The van der Waals surface area contributed by atoms with E-state index in [-0.39, 0.29) is 49.9 Å². The molecule has 3 aromatic rings. The van der Waals surface area contributed by atoms with Crippen LogP contribution in [-0.2, 0) is 32.1 Å². The largest absolute Gasteiger partial charge is 0.493 e. The third-order valence-corrected chi connectivity index (χ3v) is 8.42. The van der Waals surface area contributed by atoms with Crippen LogP contribution in [0.25, 0.3) is 0 Å². The average molecular weight is 646 g/mol. The highest BCUT2D eigenvalue weighted by Crippen LogP contribution is 2.33. The molecule has 1 aromatic heterocycles. The van der Waals surface area contributed by atoms with Crippen molar-refractivity contribution >= 4 is 17.7 Å². The number of carbonyl (C=O) groups is 3. The second kappa shape index (κ2) is 15.8. The molecule has 12 nitrogen and oxygen atoms in total. The number of piperidine rings is 1. The van der Waals surface area contributed by atoms with Crippen molar-refractivity contribution in [1.29, 1.82) is 0 Å². The van der Waals surface area contributed by atoms with E-state index in [1.54, 1.807) is 44.1 Å². The molecule has 0 saturated carbocycles. The minimum Gasteiger partial charge on any atom is -0.493 e. The van der Waals surface area contributed by atoms with E-state index in [1.165, 1.54) is 0 Å². The van der Waals surface area contributed by atoms with Gasteiger partial charge >= 0.3 is 0 Å². The summed E-state index contributed by atoms with van der Waals surface area (Å²) in [5.41, 5.74) is 2.83. The zero-order valence-corrected chi connectivity index (χ0v) is 27.5. The molecule has 4 bridgehead atoms. The Balaban J connectivity index is 1.41. The Morgan fingerprint density at radius 1 is 1.09 bits per heavy atom. The lowest BCUT2D eigenvalue weighted by Gasteiger charge is -2.39. The third kappa shape index (κ3) is 8.83. The zero-order chi connectivity index (χ0) is 33.3. The van der Waals surface area contributed by atoms with E-state index in [4.69, 9.17) is 18.9 Å². The first-order valence-electron chi connectivity index (χ1n) is 15.9. The molecule has 3 aliphatic rings. The van der Waals surface area contributed by atoms with Crippen molar-refractivity contribution in [3.8, 4) is 17.2 Å². The lowest BCUT2D eigenvalue weighted by molar-refractivity contribution is -0.137. The molecule has 12 heteroatoms. The van der Waals surface area contributed by atoms with Crippen molar-refractivity contribution in [1.82, 2.24) is 25.1 Å². The molecule has 4 heterocycles. The van der Waals surface area contributed by atoms with Crippen molar-refractivity contribution in [2.24, 2.45) is 0 Å². The van der Waals surface area contributed by atoms with Gasteiger partial charge in [-0.15, -0.1) is 0 Å². The quantitative estimate of drug-likeness (QED) is 0.399. The van der Waals surface area contributed by atoms with Gasteiger partial charge in [0, 0.05) is 46.0 Å². The van der Waals surface area contributed by atoms with Gasteiger partial charge in [-0.25, -0.2) is 9.97 Å². The van der Waals surface area contributed by atoms with Crippen LogP contribution in [0.5, 0.6) is 17.2 Å². The van der Waals surface area contributed by atoms with Crippen LogP contribution in [0.3, 0.4) is 0 Å². The summed E-state index contributed by atoms with van der Waals surface area (Å²) in [6, 6.07) is 12.7. The number of benzene rings is 2. The highest BCUT2D eigenvalue weighted by atomic mass is 16.5. The van der Waals surface area contributed by atoms with Crippen LogP contribution >= 0.6 is 0 Å². The predicted molar refractivity (Wildman–Crippen MR) is 173 cm³/mol. The Kier molecular flexibility index (Phi) is 11.4. The van der Waals surface area contributed by atoms with Crippen molar-refractivity contribution in [2.45, 2.75) is 58.3 Å². The molecule has 47 heavy (non-hydrogen) atoms. The molecule has 1 N–H and O–H groups in total. The smallest absolute Gasteiger partial charge is 0.257 e. The number of hydrogen-bond donors (Lipinski definition) is 1. The molecule has 6 rings (SSSR count). The molecular weight excluding hydrogens is 602 g/mol. The first kappa shape index (κ1) is 33.8. The normalized spacial score (nSPS) is 19.1. The summed E-state index contributed by atoms with van der Waals surface area (Å²) in [6.45, 7) is 5.21. The lowest BCUT2D eigenvalue weighted by atomic mass is 10.0. The van der Waals surface area contributed by atoms with Crippen LogP contribution in [0.15, 0.2) is 48.7 Å². The molecule has 2 atom stereocenters. The zero-order valence-electron chi connectivity index (χ0n) is 27.5. The monoisotopic (exact) mass is 645 g/mol. The number of carbonyl (C=O) groups excluding carboxylic acids is 3. The Bertz CT molecular complexity index is 1580. The Labute approximate surface area is 275 Å². The Hall–Kier alpha value is -4.55. The first-order valence-corrected chi connectivity index (χ1v) is 15.9.